The minimum atomic E-state index is -0.654. The van der Waals surface area contributed by atoms with Gasteiger partial charge in [-0.2, -0.15) is 0 Å². The van der Waals surface area contributed by atoms with Crippen molar-refractivity contribution in [3.05, 3.63) is 59.9 Å². The minimum Gasteiger partial charge on any atom is -0.387 e. The molecule has 0 aliphatic rings. The van der Waals surface area contributed by atoms with E-state index in [4.69, 9.17) is 0 Å². The highest BCUT2D eigenvalue weighted by atomic mass is 32.2. The zero-order valence-electron chi connectivity index (χ0n) is 10.6. The molecule has 0 fully saturated rings. The Hall–Kier alpha value is -1.52. The molecule has 0 radical (unpaired) electrons. The number of aliphatic hydroxyl groups excluding tert-OH is 1. The predicted molar refractivity (Wildman–Crippen MR) is 78.1 cm³/mol. The van der Waals surface area contributed by atoms with Crippen molar-refractivity contribution in [1.82, 2.24) is 0 Å². The molecule has 19 heavy (non-hydrogen) atoms. The summed E-state index contributed by atoms with van der Waals surface area (Å²) in [6, 6.07) is 13.9. The standard InChI is InChI=1S/C15H16FNOS/c1-19-14-4-2-3-13(9-14)17-10-15(18)11-5-7-12(16)8-6-11/h2-9,15,17-18H,10H2,1H3. The number of thioether (sulfide) groups is 1. The zero-order chi connectivity index (χ0) is 13.7. The molecule has 0 spiro atoms. The Kier molecular flexibility index (Phi) is 4.82. The van der Waals surface area contributed by atoms with Gasteiger partial charge in [0.15, 0.2) is 0 Å². The highest BCUT2D eigenvalue weighted by Crippen LogP contribution is 2.20. The fourth-order valence-corrected chi connectivity index (χ4v) is 2.21. The van der Waals surface area contributed by atoms with Crippen LogP contribution >= 0.6 is 11.8 Å². The third kappa shape index (κ3) is 3.98. The maximum atomic E-state index is 12.8. The Morgan fingerprint density at radius 1 is 1.21 bits per heavy atom. The number of hydrogen-bond donors (Lipinski definition) is 2. The molecule has 100 valence electrons. The first-order valence-electron chi connectivity index (χ1n) is 6.00. The number of aliphatic hydroxyl groups is 1. The highest BCUT2D eigenvalue weighted by Gasteiger charge is 2.07. The van der Waals surface area contributed by atoms with Crippen LogP contribution in [0.25, 0.3) is 0 Å². The maximum absolute atomic E-state index is 12.8. The smallest absolute Gasteiger partial charge is 0.123 e. The number of rotatable bonds is 5. The van der Waals surface area contributed by atoms with Gasteiger partial charge in [-0.25, -0.2) is 4.39 Å². The molecule has 0 aliphatic heterocycles. The van der Waals surface area contributed by atoms with Crippen molar-refractivity contribution in [2.45, 2.75) is 11.0 Å². The van der Waals surface area contributed by atoms with Crippen LogP contribution in [-0.4, -0.2) is 17.9 Å². The first-order valence-corrected chi connectivity index (χ1v) is 7.23. The van der Waals surface area contributed by atoms with Gasteiger partial charge in [0.1, 0.15) is 5.82 Å². The molecule has 0 aliphatic carbocycles. The molecule has 0 saturated heterocycles. The predicted octanol–water partition coefficient (Wildman–Crippen LogP) is 3.69. The molecule has 0 amide bonds. The lowest BCUT2D eigenvalue weighted by Crippen LogP contribution is -2.12. The van der Waals surface area contributed by atoms with Gasteiger partial charge in [-0.3, -0.25) is 0 Å². The van der Waals surface area contributed by atoms with Gasteiger partial charge >= 0.3 is 0 Å². The molecule has 0 heterocycles. The Labute approximate surface area is 116 Å². The summed E-state index contributed by atoms with van der Waals surface area (Å²) in [6.07, 6.45) is 1.37. The summed E-state index contributed by atoms with van der Waals surface area (Å²) in [7, 11) is 0. The van der Waals surface area contributed by atoms with Crippen LogP contribution in [0.2, 0.25) is 0 Å². The average Bonchev–Trinajstić information content (AvgIpc) is 2.46. The Morgan fingerprint density at radius 3 is 2.63 bits per heavy atom. The van der Waals surface area contributed by atoms with E-state index in [1.165, 1.54) is 17.0 Å². The Morgan fingerprint density at radius 2 is 1.95 bits per heavy atom. The maximum Gasteiger partial charge on any atom is 0.123 e. The van der Waals surface area contributed by atoms with E-state index in [1.54, 1.807) is 23.9 Å². The average molecular weight is 277 g/mol. The van der Waals surface area contributed by atoms with Crippen molar-refractivity contribution in [2.75, 3.05) is 18.1 Å². The lowest BCUT2D eigenvalue weighted by molar-refractivity contribution is 0.191. The van der Waals surface area contributed by atoms with Crippen molar-refractivity contribution in [3.63, 3.8) is 0 Å². The zero-order valence-corrected chi connectivity index (χ0v) is 11.5. The monoisotopic (exact) mass is 277 g/mol. The van der Waals surface area contributed by atoms with Crippen LogP contribution in [0, 0.1) is 5.82 Å². The Bertz CT molecular complexity index is 530. The van der Waals surface area contributed by atoms with Crippen molar-refractivity contribution in [2.24, 2.45) is 0 Å². The molecule has 1 unspecified atom stereocenters. The molecule has 2 rings (SSSR count). The summed E-state index contributed by atoms with van der Waals surface area (Å²) >= 11 is 1.67. The second kappa shape index (κ2) is 6.59. The molecule has 2 nitrogen and oxygen atoms in total. The largest absolute Gasteiger partial charge is 0.387 e. The molecule has 2 aromatic carbocycles. The fourth-order valence-electron chi connectivity index (χ4n) is 1.75. The number of benzene rings is 2. The van der Waals surface area contributed by atoms with Crippen LogP contribution in [0.5, 0.6) is 0 Å². The van der Waals surface area contributed by atoms with Crippen LogP contribution in [0.1, 0.15) is 11.7 Å². The van der Waals surface area contributed by atoms with Gasteiger partial charge in [-0.15, -0.1) is 11.8 Å². The topological polar surface area (TPSA) is 32.3 Å². The van der Waals surface area contributed by atoms with E-state index in [0.717, 1.165) is 5.69 Å². The third-order valence-electron chi connectivity index (χ3n) is 2.82. The van der Waals surface area contributed by atoms with Crippen LogP contribution in [0.3, 0.4) is 0 Å². The molecule has 0 bridgehead atoms. The van der Waals surface area contributed by atoms with Gasteiger partial charge in [0.2, 0.25) is 0 Å². The van der Waals surface area contributed by atoms with Gasteiger partial charge in [0.25, 0.3) is 0 Å². The summed E-state index contributed by atoms with van der Waals surface area (Å²) in [4.78, 5) is 1.17. The van der Waals surface area contributed by atoms with Gasteiger partial charge < -0.3 is 10.4 Å². The number of nitrogens with one attached hydrogen (secondary N) is 1. The molecular formula is C15H16FNOS. The van der Waals surface area contributed by atoms with E-state index in [9.17, 15) is 9.50 Å². The van der Waals surface area contributed by atoms with Crippen molar-refractivity contribution >= 4 is 17.4 Å². The fraction of sp³-hybridized carbons (Fsp3) is 0.200. The van der Waals surface area contributed by atoms with Gasteiger partial charge in [-0.05, 0) is 42.2 Å². The van der Waals surface area contributed by atoms with E-state index < -0.39 is 6.10 Å². The SMILES string of the molecule is CSc1cccc(NCC(O)c2ccc(F)cc2)c1. The quantitative estimate of drug-likeness (QED) is 0.817. The normalized spacial score (nSPS) is 12.2. The summed E-state index contributed by atoms with van der Waals surface area (Å²) in [5.41, 5.74) is 1.67. The summed E-state index contributed by atoms with van der Waals surface area (Å²) < 4.78 is 12.8. The molecule has 2 aromatic rings. The number of hydrogen-bond acceptors (Lipinski definition) is 3. The molecular weight excluding hydrogens is 261 g/mol. The van der Waals surface area contributed by atoms with Crippen LogP contribution in [-0.2, 0) is 0 Å². The second-order valence-corrected chi connectivity index (χ2v) is 5.06. The number of halogens is 1. The lowest BCUT2D eigenvalue weighted by Gasteiger charge is -2.13. The van der Waals surface area contributed by atoms with Crippen molar-refractivity contribution < 1.29 is 9.50 Å². The second-order valence-electron chi connectivity index (χ2n) is 4.18. The number of anilines is 1. The van der Waals surface area contributed by atoms with Gasteiger partial charge in [-0.1, -0.05) is 18.2 Å². The molecule has 4 heteroatoms. The first-order chi connectivity index (χ1) is 9.19. The van der Waals surface area contributed by atoms with Crippen LogP contribution in [0.15, 0.2) is 53.4 Å². The van der Waals surface area contributed by atoms with Crippen LogP contribution in [0.4, 0.5) is 10.1 Å². The van der Waals surface area contributed by atoms with E-state index >= 15 is 0 Å². The lowest BCUT2D eigenvalue weighted by atomic mass is 10.1. The van der Waals surface area contributed by atoms with Gasteiger partial charge in [0, 0.05) is 17.1 Å². The summed E-state index contributed by atoms with van der Waals surface area (Å²) in [6.45, 7) is 0.392. The molecule has 0 saturated carbocycles. The van der Waals surface area contributed by atoms with Crippen LogP contribution < -0.4 is 5.32 Å². The van der Waals surface area contributed by atoms with Crippen molar-refractivity contribution in [3.8, 4) is 0 Å². The minimum absolute atomic E-state index is 0.295. The van der Waals surface area contributed by atoms with E-state index in [1.807, 2.05) is 30.5 Å². The first kappa shape index (κ1) is 13.9. The third-order valence-corrected chi connectivity index (χ3v) is 3.55. The van der Waals surface area contributed by atoms with Crippen molar-refractivity contribution in [1.29, 1.82) is 0 Å². The Balaban J connectivity index is 1.96. The molecule has 1 atom stereocenters. The summed E-state index contributed by atoms with van der Waals surface area (Å²) in [5.74, 6) is -0.295. The van der Waals surface area contributed by atoms with E-state index in [0.29, 0.717) is 12.1 Å². The molecule has 2 N–H and O–H groups in total. The highest BCUT2D eigenvalue weighted by molar-refractivity contribution is 7.98. The summed E-state index contributed by atoms with van der Waals surface area (Å²) in [5, 5.41) is 13.2. The molecule has 0 aromatic heterocycles. The van der Waals surface area contributed by atoms with Gasteiger partial charge in [0.05, 0.1) is 6.10 Å². The van der Waals surface area contributed by atoms with E-state index in [2.05, 4.69) is 5.32 Å². The van der Waals surface area contributed by atoms with E-state index in [-0.39, 0.29) is 5.82 Å².